The number of nitrogens with zero attached hydrogens (tertiary/aromatic N) is 2. The summed E-state index contributed by atoms with van der Waals surface area (Å²) in [4.78, 5) is 19.2. The number of hydrogen-bond donors (Lipinski definition) is 1. The fourth-order valence-corrected chi connectivity index (χ4v) is 2.96. The molecule has 2 aromatic rings. The minimum Gasteiger partial charge on any atom is -0.357 e. The molecule has 1 saturated heterocycles. The lowest BCUT2D eigenvalue weighted by molar-refractivity contribution is 0.102. The summed E-state index contributed by atoms with van der Waals surface area (Å²) in [6.07, 6.45) is 4.89. The van der Waals surface area contributed by atoms with Gasteiger partial charge in [-0.05, 0) is 37.1 Å². The first-order valence-electron chi connectivity index (χ1n) is 8.02. The van der Waals surface area contributed by atoms with Crippen LogP contribution in [-0.2, 0) is 0 Å². The molecule has 1 aromatic heterocycles. The SMILES string of the molecule is O=C(Nc1ccccc1Cl)c1cccc(N2CCCCCC2)n1. The Morgan fingerprint density at radius 1 is 1.00 bits per heavy atom. The number of nitrogens with one attached hydrogen (secondary N) is 1. The van der Waals surface area contributed by atoms with E-state index in [9.17, 15) is 4.79 Å². The molecule has 0 bridgehead atoms. The van der Waals surface area contributed by atoms with Crippen molar-refractivity contribution in [2.75, 3.05) is 23.3 Å². The van der Waals surface area contributed by atoms with Gasteiger partial charge in [0, 0.05) is 13.1 Å². The van der Waals surface area contributed by atoms with Crippen LogP contribution in [0.5, 0.6) is 0 Å². The number of carbonyl (C=O) groups excluding carboxylic acids is 1. The molecule has 2 heterocycles. The van der Waals surface area contributed by atoms with Gasteiger partial charge in [0.25, 0.3) is 5.91 Å². The molecule has 1 N–H and O–H groups in total. The predicted octanol–water partition coefficient (Wildman–Crippen LogP) is 4.37. The molecule has 0 saturated carbocycles. The largest absolute Gasteiger partial charge is 0.357 e. The first kappa shape index (κ1) is 15.8. The molecule has 3 rings (SSSR count). The van der Waals surface area contributed by atoms with E-state index < -0.39 is 0 Å². The summed E-state index contributed by atoms with van der Waals surface area (Å²) in [5.74, 6) is 0.633. The van der Waals surface area contributed by atoms with Crippen LogP contribution in [0.3, 0.4) is 0 Å². The maximum Gasteiger partial charge on any atom is 0.274 e. The smallest absolute Gasteiger partial charge is 0.274 e. The zero-order valence-corrected chi connectivity index (χ0v) is 13.7. The molecule has 0 unspecified atom stereocenters. The van der Waals surface area contributed by atoms with Crippen molar-refractivity contribution < 1.29 is 4.79 Å². The summed E-state index contributed by atoms with van der Waals surface area (Å²) in [6.45, 7) is 2.01. The molecule has 1 amide bonds. The molecule has 23 heavy (non-hydrogen) atoms. The van der Waals surface area contributed by atoms with E-state index in [1.54, 1.807) is 18.2 Å². The number of pyridine rings is 1. The molecular weight excluding hydrogens is 310 g/mol. The van der Waals surface area contributed by atoms with E-state index >= 15 is 0 Å². The van der Waals surface area contributed by atoms with Crippen molar-refractivity contribution in [3.05, 3.63) is 53.2 Å². The Labute approximate surface area is 141 Å². The second-order valence-corrected chi connectivity index (χ2v) is 6.12. The van der Waals surface area contributed by atoms with Gasteiger partial charge in [0.1, 0.15) is 11.5 Å². The highest BCUT2D eigenvalue weighted by Gasteiger charge is 2.14. The second kappa shape index (κ2) is 7.47. The van der Waals surface area contributed by atoms with Crippen LogP contribution >= 0.6 is 11.6 Å². The van der Waals surface area contributed by atoms with Gasteiger partial charge < -0.3 is 10.2 Å². The third kappa shape index (κ3) is 4.02. The van der Waals surface area contributed by atoms with E-state index in [1.807, 2.05) is 24.3 Å². The van der Waals surface area contributed by atoms with Gasteiger partial charge in [-0.15, -0.1) is 0 Å². The van der Waals surface area contributed by atoms with Gasteiger partial charge in [-0.25, -0.2) is 4.98 Å². The van der Waals surface area contributed by atoms with Crippen molar-refractivity contribution in [3.8, 4) is 0 Å². The first-order chi connectivity index (χ1) is 11.2. The van der Waals surface area contributed by atoms with Crippen LogP contribution in [0.2, 0.25) is 5.02 Å². The van der Waals surface area contributed by atoms with Gasteiger partial charge in [0.2, 0.25) is 0 Å². The molecule has 0 atom stereocenters. The highest BCUT2D eigenvalue weighted by molar-refractivity contribution is 6.33. The fourth-order valence-electron chi connectivity index (χ4n) is 2.77. The summed E-state index contributed by atoms with van der Waals surface area (Å²) in [5, 5.41) is 3.34. The quantitative estimate of drug-likeness (QED) is 0.909. The highest BCUT2D eigenvalue weighted by Crippen LogP contribution is 2.22. The molecule has 1 aromatic carbocycles. The van der Waals surface area contributed by atoms with Crippen molar-refractivity contribution in [2.24, 2.45) is 0 Å². The van der Waals surface area contributed by atoms with Gasteiger partial charge in [-0.3, -0.25) is 4.79 Å². The van der Waals surface area contributed by atoms with Gasteiger partial charge in [-0.2, -0.15) is 0 Å². The summed E-state index contributed by atoms with van der Waals surface area (Å²) in [5.41, 5.74) is 1.01. The Balaban J connectivity index is 1.76. The first-order valence-corrected chi connectivity index (χ1v) is 8.40. The van der Waals surface area contributed by atoms with Gasteiger partial charge in [0.15, 0.2) is 0 Å². The lowest BCUT2D eigenvalue weighted by Gasteiger charge is -2.21. The number of rotatable bonds is 3. The number of hydrogen-bond acceptors (Lipinski definition) is 3. The molecule has 4 nitrogen and oxygen atoms in total. The van der Waals surface area contributed by atoms with Crippen LogP contribution in [0.1, 0.15) is 36.2 Å². The molecule has 1 fully saturated rings. The molecule has 0 aliphatic carbocycles. The molecule has 5 heteroatoms. The van der Waals surface area contributed by atoms with Crippen molar-refractivity contribution >= 4 is 29.0 Å². The van der Waals surface area contributed by atoms with E-state index in [4.69, 9.17) is 11.6 Å². The van der Waals surface area contributed by atoms with Crippen LogP contribution in [0.4, 0.5) is 11.5 Å². The van der Waals surface area contributed by atoms with Gasteiger partial charge in [-0.1, -0.05) is 42.6 Å². The van der Waals surface area contributed by atoms with Crippen LogP contribution in [-0.4, -0.2) is 24.0 Å². The third-order valence-corrected chi connectivity index (χ3v) is 4.35. The van der Waals surface area contributed by atoms with Crippen LogP contribution < -0.4 is 10.2 Å². The van der Waals surface area contributed by atoms with E-state index in [-0.39, 0.29) is 5.91 Å². The number of benzene rings is 1. The maximum atomic E-state index is 12.4. The molecule has 120 valence electrons. The summed E-state index contributed by atoms with van der Waals surface area (Å²) < 4.78 is 0. The zero-order chi connectivity index (χ0) is 16.1. The fraction of sp³-hybridized carbons (Fsp3) is 0.333. The maximum absolute atomic E-state index is 12.4. The molecule has 1 aliphatic heterocycles. The van der Waals surface area contributed by atoms with E-state index in [0.717, 1.165) is 18.9 Å². The van der Waals surface area contributed by atoms with Crippen LogP contribution in [0, 0.1) is 0 Å². The predicted molar refractivity (Wildman–Crippen MR) is 94.3 cm³/mol. The second-order valence-electron chi connectivity index (χ2n) is 5.72. The van der Waals surface area contributed by atoms with E-state index in [2.05, 4.69) is 15.2 Å². The lowest BCUT2D eigenvalue weighted by Crippen LogP contribution is -2.26. The summed E-state index contributed by atoms with van der Waals surface area (Å²) in [6, 6.07) is 12.8. The van der Waals surface area contributed by atoms with E-state index in [1.165, 1.54) is 25.7 Å². The van der Waals surface area contributed by atoms with Gasteiger partial charge >= 0.3 is 0 Å². The molecule has 1 aliphatic rings. The summed E-state index contributed by atoms with van der Waals surface area (Å²) in [7, 11) is 0. The standard InChI is InChI=1S/C18H20ClN3O/c19-14-8-3-4-9-15(14)21-18(23)16-10-7-11-17(20-16)22-12-5-1-2-6-13-22/h3-4,7-11H,1-2,5-6,12-13H2,(H,21,23). The van der Waals surface area contributed by atoms with Crippen molar-refractivity contribution in [1.29, 1.82) is 0 Å². The van der Waals surface area contributed by atoms with E-state index in [0.29, 0.717) is 16.4 Å². The molecule has 0 radical (unpaired) electrons. The topological polar surface area (TPSA) is 45.2 Å². The number of para-hydroxylation sites is 1. The van der Waals surface area contributed by atoms with Crippen molar-refractivity contribution in [3.63, 3.8) is 0 Å². The van der Waals surface area contributed by atoms with Crippen LogP contribution in [0.25, 0.3) is 0 Å². The average molecular weight is 330 g/mol. The Hall–Kier alpha value is -2.07. The molecule has 0 spiro atoms. The Kier molecular flexibility index (Phi) is 5.13. The number of aromatic nitrogens is 1. The monoisotopic (exact) mass is 329 g/mol. The number of carbonyl (C=O) groups is 1. The van der Waals surface area contributed by atoms with Gasteiger partial charge in [0.05, 0.1) is 10.7 Å². The zero-order valence-electron chi connectivity index (χ0n) is 13.0. The summed E-state index contributed by atoms with van der Waals surface area (Å²) >= 11 is 6.08. The van der Waals surface area contributed by atoms with Crippen LogP contribution in [0.15, 0.2) is 42.5 Å². The Bertz CT molecular complexity index is 681. The number of halogens is 1. The van der Waals surface area contributed by atoms with Crippen molar-refractivity contribution in [2.45, 2.75) is 25.7 Å². The molecular formula is C18H20ClN3O. The minimum atomic E-state index is -0.241. The number of amides is 1. The Morgan fingerprint density at radius 2 is 1.74 bits per heavy atom. The average Bonchev–Trinajstić information content (AvgIpc) is 2.86. The minimum absolute atomic E-state index is 0.241. The number of anilines is 2. The van der Waals surface area contributed by atoms with Crippen molar-refractivity contribution in [1.82, 2.24) is 4.98 Å². The third-order valence-electron chi connectivity index (χ3n) is 4.02. The Morgan fingerprint density at radius 3 is 2.48 bits per heavy atom. The highest BCUT2D eigenvalue weighted by atomic mass is 35.5. The normalized spacial score (nSPS) is 15.1. The lowest BCUT2D eigenvalue weighted by atomic mass is 10.2.